The van der Waals surface area contributed by atoms with Crippen molar-refractivity contribution >= 4 is 11.1 Å². The van der Waals surface area contributed by atoms with Gasteiger partial charge in [0.2, 0.25) is 0 Å². The maximum absolute atomic E-state index is 9.93. The summed E-state index contributed by atoms with van der Waals surface area (Å²) in [5, 5.41) is 19.7. The second-order valence-electron chi connectivity index (χ2n) is 7.78. The molecule has 1 unspecified atom stereocenters. The molecule has 5 rings (SSSR count). The SMILES string of the molecule is Oc1ccc(C2=C(c3ccccn3)C(c3ccc(O)cc3)(c3ccccn3)CC2)cc1. The van der Waals surface area contributed by atoms with E-state index in [9.17, 15) is 10.2 Å². The molecule has 0 spiro atoms. The highest BCUT2D eigenvalue weighted by molar-refractivity contribution is 5.99. The van der Waals surface area contributed by atoms with Crippen LogP contribution in [0.2, 0.25) is 0 Å². The van der Waals surface area contributed by atoms with E-state index in [1.54, 1.807) is 24.3 Å². The topological polar surface area (TPSA) is 66.2 Å². The van der Waals surface area contributed by atoms with Gasteiger partial charge < -0.3 is 10.2 Å². The van der Waals surface area contributed by atoms with Gasteiger partial charge >= 0.3 is 0 Å². The largest absolute Gasteiger partial charge is 0.508 e. The van der Waals surface area contributed by atoms with Crippen LogP contribution in [0, 0.1) is 0 Å². The highest BCUT2D eigenvalue weighted by Gasteiger charge is 2.46. The number of aromatic nitrogens is 2. The predicted molar refractivity (Wildman–Crippen MR) is 122 cm³/mol. The Kier molecular flexibility index (Phi) is 4.75. The first kappa shape index (κ1) is 19.1. The molecule has 1 atom stereocenters. The minimum Gasteiger partial charge on any atom is -0.508 e. The van der Waals surface area contributed by atoms with Crippen molar-refractivity contribution in [1.82, 2.24) is 9.97 Å². The molecule has 4 aromatic rings. The molecule has 1 aliphatic carbocycles. The summed E-state index contributed by atoms with van der Waals surface area (Å²) in [6.07, 6.45) is 5.31. The van der Waals surface area contributed by atoms with Gasteiger partial charge in [-0.25, -0.2) is 0 Å². The van der Waals surface area contributed by atoms with Gasteiger partial charge in [0.05, 0.1) is 16.8 Å². The average Bonchev–Trinajstić information content (AvgIpc) is 3.23. The molecule has 0 radical (unpaired) electrons. The highest BCUT2D eigenvalue weighted by atomic mass is 16.3. The fourth-order valence-corrected chi connectivity index (χ4v) is 4.71. The molecular formula is C27H22N2O2. The van der Waals surface area contributed by atoms with Gasteiger partial charge in [0, 0.05) is 12.4 Å². The molecule has 1 aliphatic rings. The fraction of sp³-hybridized carbons (Fsp3) is 0.111. The number of phenolic OH excluding ortho intramolecular Hbond substituents is 2. The van der Waals surface area contributed by atoms with Crippen LogP contribution in [0.25, 0.3) is 11.1 Å². The summed E-state index contributed by atoms with van der Waals surface area (Å²) in [6.45, 7) is 0. The molecule has 2 N–H and O–H groups in total. The Morgan fingerprint density at radius 1 is 0.677 bits per heavy atom. The lowest BCUT2D eigenvalue weighted by Gasteiger charge is -2.33. The van der Waals surface area contributed by atoms with Crippen molar-refractivity contribution in [2.75, 3.05) is 0 Å². The van der Waals surface area contributed by atoms with Crippen LogP contribution in [0.4, 0.5) is 0 Å². The first-order valence-electron chi connectivity index (χ1n) is 10.3. The predicted octanol–water partition coefficient (Wildman–Crippen LogP) is 5.58. The van der Waals surface area contributed by atoms with Gasteiger partial charge in [0.1, 0.15) is 11.5 Å². The molecule has 0 aliphatic heterocycles. The van der Waals surface area contributed by atoms with E-state index in [1.807, 2.05) is 67.0 Å². The van der Waals surface area contributed by atoms with E-state index in [-0.39, 0.29) is 11.5 Å². The lowest BCUT2D eigenvalue weighted by Crippen LogP contribution is -2.28. The molecule has 2 heterocycles. The molecule has 4 nitrogen and oxygen atoms in total. The van der Waals surface area contributed by atoms with E-state index >= 15 is 0 Å². The van der Waals surface area contributed by atoms with Gasteiger partial charge in [-0.05, 0) is 83.6 Å². The normalized spacial score (nSPS) is 18.3. The Labute approximate surface area is 181 Å². The molecule has 0 fully saturated rings. The molecular weight excluding hydrogens is 384 g/mol. The number of hydrogen-bond donors (Lipinski definition) is 2. The van der Waals surface area contributed by atoms with Crippen LogP contribution in [0.5, 0.6) is 11.5 Å². The highest BCUT2D eigenvalue weighted by Crippen LogP contribution is 2.56. The van der Waals surface area contributed by atoms with Gasteiger partial charge in [-0.15, -0.1) is 0 Å². The van der Waals surface area contributed by atoms with Crippen LogP contribution in [0.3, 0.4) is 0 Å². The summed E-state index contributed by atoms with van der Waals surface area (Å²) in [7, 11) is 0. The lowest BCUT2D eigenvalue weighted by molar-refractivity contribution is 0.474. The van der Waals surface area contributed by atoms with Gasteiger partial charge in [-0.3, -0.25) is 9.97 Å². The van der Waals surface area contributed by atoms with Crippen molar-refractivity contribution in [3.05, 3.63) is 120 Å². The monoisotopic (exact) mass is 406 g/mol. The van der Waals surface area contributed by atoms with Crippen molar-refractivity contribution < 1.29 is 10.2 Å². The number of allylic oxidation sites excluding steroid dienone is 2. The second-order valence-corrected chi connectivity index (χ2v) is 7.78. The maximum atomic E-state index is 9.93. The molecule has 4 heteroatoms. The summed E-state index contributed by atoms with van der Waals surface area (Å²) in [6, 6.07) is 26.7. The van der Waals surface area contributed by atoms with Crippen LogP contribution in [0.1, 0.15) is 35.4 Å². The molecule has 31 heavy (non-hydrogen) atoms. The van der Waals surface area contributed by atoms with Gasteiger partial charge in [0.25, 0.3) is 0 Å². The second kappa shape index (κ2) is 7.73. The fourth-order valence-electron chi connectivity index (χ4n) is 4.71. The Hall–Kier alpha value is -3.92. The third-order valence-electron chi connectivity index (χ3n) is 6.08. The quantitative estimate of drug-likeness (QED) is 0.464. The summed E-state index contributed by atoms with van der Waals surface area (Å²) >= 11 is 0. The maximum Gasteiger partial charge on any atom is 0.115 e. The van der Waals surface area contributed by atoms with Crippen molar-refractivity contribution in [3.63, 3.8) is 0 Å². The Balaban J connectivity index is 1.84. The first-order valence-corrected chi connectivity index (χ1v) is 10.3. The number of nitrogens with zero attached hydrogens (tertiary/aromatic N) is 2. The first-order chi connectivity index (χ1) is 15.2. The van der Waals surface area contributed by atoms with E-state index in [2.05, 4.69) is 6.07 Å². The molecule has 0 saturated heterocycles. The number of phenols is 2. The van der Waals surface area contributed by atoms with Crippen molar-refractivity contribution in [1.29, 1.82) is 0 Å². The average molecular weight is 406 g/mol. The standard InChI is InChI=1S/C27H22N2O2/c30-21-11-7-19(8-12-21)23-15-16-27(25-6-2-4-18-29-25,20-9-13-22(31)14-10-20)26(23)24-5-1-3-17-28-24/h1-14,17-18,30-31H,15-16H2. The minimum absolute atomic E-state index is 0.236. The van der Waals surface area contributed by atoms with Crippen LogP contribution in [0.15, 0.2) is 97.3 Å². The number of pyridine rings is 2. The summed E-state index contributed by atoms with van der Waals surface area (Å²) < 4.78 is 0. The van der Waals surface area contributed by atoms with E-state index in [0.717, 1.165) is 40.9 Å². The Bertz CT molecular complexity index is 1220. The third kappa shape index (κ3) is 3.26. The Morgan fingerprint density at radius 2 is 1.32 bits per heavy atom. The van der Waals surface area contributed by atoms with Crippen LogP contribution >= 0.6 is 0 Å². The van der Waals surface area contributed by atoms with Gasteiger partial charge in [-0.2, -0.15) is 0 Å². The number of aromatic hydroxyl groups is 2. The smallest absolute Gasteiger partial charge is 0.115 e. The Morgan fingerprint density at radius 3 is 1.94 bits per heavy atom. The number of rotatable bonds is 4. The zero-order chi connectivity index (χ0) is 21.3. The third-order valence-corrected chi connectivity index (χ3v) is 6.08. The summed E-state index contributed by atoms with van der Waals surface area (Å²) in [5.74, 6) is 0.483. The summed E-state index contributed by atoms with van der Waals surface area (Å²) in [4.78, 5) is 9.52. The zero-order valence-corrected chi connectivity index (χ0v) is 16.9. The van der Waals surface area contributed by atoms with Crippen LogP contribution < -0.4 is 0 Å². The van der Waals surface area contributed by atoms with Crippen LogP contribution in [-0.2, 0) is 5.41 Å². The molecule has 2 aromatic carbocycles. The molecule has 2 aromatic heterocycles. The van der Waals surface area contributed by atoms with E-state index in [4.69, 9.17) is 9.97 Å². The van der Waals surface area contributed by atoms with Crippen molar-refractivity contribution in [2.24, 2.45) is 0 Å². The zero-order valence-electron chi connectivity index (χ0n) is 16.9. The van der Waals surface area contributed by atoms with Crippen molar-refractivity contribution in [3.8, 4) is 11.5 Å². The van der Waals surface area contributed by atoms with E-state index in [1.165, 1.54) is 5.57 Å². The van der Waals surface area contributed by atoms with Crippen molar-refractivity contribution in [2.45, 2.75) is 18.3 Å². The minimum atomic E-state index is -0.503. The summed E-state index contributed by atoms with van der Waals surface area (Å²) in [5.41, 5.74) is 5.79. The molecule has 0 saturated carbocycles. The number of hydrogen-bond acceptors (Lipinski definition) is 4. The molecule has 0 amide bonds. The molecule has 152 valence electrons. The van der Waals surface area contributed by atoms with Gasteiger partial charge in [0.15, 0.2) is 0 Å². The van der Waals surface area contributed by atoms with E-state index < -0.39 is 5.41 Å². The van der Waals surface area contributed by atoms with Gasteiger partial charge in [-0.1, -0.05) is 36.4 Å². The lowest BCUT2D eigenvalue weighted by atomic mass is 9.70. The van der Waals surface area contributed by atoms with Crippen LogP contribution in [-0.4, -0.2) is 20.2 Å². The molecule has 0 bridgehead atoms. The number of benzene rings is 2. The van der Waals surface area contributed by atoms with E-state index in [0.29, 0.717) is 0 Å².